The van der Waals surface area contributed by atoms with Gasteiger partial charge in [-0.05, 0) is 24.5 Å². The topological polar surface area (TPSA) is 80.9 Å². The summed E-state index contributed by atoms with van der Waals surface area (Å²) in [5.41, 5.74) is 2.61. The smallest absolute Gasteiger partial charge is 0.263 e. The van der Waals surface area contributed by atoms with E-state index in [1.807, 2.05) is 30.3 Å². The Labute approximate surface area is 182 Å². The third kappa shape index (κ3) is 4.27. The number of hydrogen-bond acceptors (Lipinski definition) is 6. The van der Waals surface area contributed by atoms with Crippen molar-refractivity contribution in [2.24, 2.45) is 0 Å². The fourth-order valence-corrected chi connectivity index (χ4v) is 4.27. The summed E-state index contributed by atoms with van der Waals surface area (Å²) in [7, 11) is 0. The van der Waals surface area contributed by atoms with E-state index in [0.29, 0.717) is 38.7 Å². The number of anilines is 1. The van der Waals surface area contributed by atoms with Crippen LogP contribution in [0.1, 0.15) is 39.5 Å². The first-order valence-corrected chi connectivity index (χ1v) is 10.6. The van der Waals surface area contributed by atoms with Gasteiger partial charge in [-0.2, -0.15) is 0 Å². The summed E-state index contributed by atoms with van der Waals surface area (Å²) < 4.78 is 5.27. The number of nitrogens with zero attached hydrogens (tertiary/aromatic N) is 3. The number of hydrogen-bond donors (Lipinski definition) is 1. The Morgan fingerprint density at radius 3 is 2.63 bits per heavy atom. The van der Waals surface area contributed by atoms with Gasteiger partial charge in [0.2, 0.25) is 5.13 Å². The molecule has 152 valence electrons. The fraction of sp³-hybridized carbons (Fsp3) is 0.182. The molecule has 4 rings (SSSR count). The Hall–Kier alpha value is -3.03. The van der Waals surface area contributed by atoms with Crippen LogP contribution in [0, 0.1) is 6.92 Å². The second kappa shape index (κ2) is 8.77. The molecule has 0 spiro atoms. The Balaban J connectivity index is 1.51. The lowest BCUT2D eigenvalue weighted by Gasteiger charge is -2.08. The molecule has 4 aromatic rings. The van der Waals surface area contributed by atoms with Crippen LogP contribution in [-0.2, 0) is 6.42 Å². The van der Waals surface area contributed by atoms with Crippen LogP contribution < -0.4 is 5.32 Å². The quantitative estimate of drug-likeness (QED) is 0.414. The molecular formula is C22H19ClN4O2S. The molecule has 0 aliphatic carbocycles. The molecular weight excluding hydrogens is 420 g/mol. The predicted molar refractivity (Wildman–Crippen MR) is 118 cm³/mol. The van der Waals surface area contributed by atoms with E-state index in [1.165, 1.54) is 16.9 Å². The molecule has 30 heavy (non-hydrogen) atoms. The third-order valence-corrected chi connectivity index (χ3v) is 5.95. The van der Waals surface area contributed by atoms with Gasteiger partial charge in [0.1, 0.15) is 22.0 Å². The zero-order valence-electron chi connectivity index (χ0n) is 16.4. The second-order valence-electron chi connectivity index (χ2n) is 6.91. The third-order valence-electron chi connectivity index (χ3n) is 4.76. The lowest BCUT2D eigenvalue weighted by molar-refractivity contribution is 0.102. The van der Waals surface area contributed by atoms with Crippen LogP contribution in [0.25, 0.3) is 11.3 Å². The maximum absolute atomic E-state index is 12.9. The molecule has 1 amide bonds. The molecule has 0 radical (unpaired) electrons. The van der Waals surface area contributed by atoms with Gasteiger partial charge >= 0.3 is 0 Å². The maximum atomic E-state index is 12.9. The Morgan fingerprint density at radius 1 is 1.13 bits per heavy atom. The number of nitrogens with one attached hydrogen (secondary N) is 1. The summed E-state index contributed by atoms with van der Waals surface area (Å²) in [6.45, 7) is 3.83. The molecule has 0 saturated heterocycles. The number of rotatable bonds is 6. The normalized spacial score (nSPS) is 12.0. The molecule has 0 bridgehead atoms. The molecule has 0 fully saturated rings. The number of aryl methyl sites for hydroxylation is 1. The van der Waals surface area contributed by atoms with Gasteiger partial charge in [-0.15, -0.1) is 10.2 Å². The van der Waals surface area contributed by atoms with Gasteiger partial charge in [-0.1, -0.05) is 83.5 Å². The van der Waals surface area contributed by atoms with E-state index in [0.717, 1.165) is 11.4 Å². The van der Waals surface area contributed by atoms with E-state index in [-0.39, 0.29) is 5.91 Å². The monoisotopic (exact) mass is 438 g/mol. The second-order valence-corrected chi connectivity index (χ2v) is 8.38. The molecule has 6 nitrogen and oxygen atoms in total. The molecule has 2 aromatic carbocycles. The van der Waals surface area contributed by atoms with Crippen molar-refractivity contribution >= 4 is 34.0 Å². The standard InChI is InChI=1S/C22H19ClN4O2S/c1-13(15-8-4-3-5-9-15)12-18-25-26-22(30-18)24-21(28)19-14(2)29-27-20(19)16-10-6-7-11-17(16)23/h3-11,13H,12H2,1-2H3,(H,24,26,28). The van der Waals surface area contributed by atoms with Gasteiger partial charge < -0.3 is 4.52 Å². The maximum Gasteiger partial charge on any atom is 0.263 e. The summed E-state index contributed by atoms with van der Waals surface area (Å²) in [6.07, 6.45) is 0.745. The van der Waals surface area contributed by atoms with Gasteiger partial charge in [0, 0.05) is 12.0 Å². The summed E-state index contributed by atoms with van der Waals surface area (Å²) >= 11 is 7.63. The number of benzene rings is 2. The zero-order chi connectivity index (χ0) is 21.1. The average Bonchev–Trinajstić information content (AvgIpc) is 3.35. The van der Waals surface area contributed by atoms with Crippen molar-refractivity contribution in [1.82, 2.24) is 15.4 Å². The Bertz CT molecular complexity index is 1170. The molecule has 0 saturated carbocycles. The number of halogens is 1. The highest BCUT2D eigenvalue weighted by atomic mass is 35.5. The zero-order valence-corrected chi connectivity index (χ0v) is 18.0. The van der Waals surface area contributed by atoms with E-state index < -0.39 is 0 Å². The van der Waals surface area contributed by atoms with Gasteiger partial charge in [-0.25, -0.2) is 0 Å². The van der Waals surface area contributed by atoms with Crippen LogP contribution in [0.3, 0.4) is 0 Å². The first kappa shape index (κ1) is 20.3. The van der Waals surface area contributed by atoms with Crippen LogP contribution in [0.2, 0.25) is 5.02 Å². The van der Waals surface area contributed by atoms with Crippen LogP contribution in [-0.4, -0.2) is 21.3 Å². The van der Waals surface area contributed by atoms with Crippen LogP contribution in [0.5, 0.6) is 0 Å². The van der Waals surface area contributed by atoms with Gasteiger partial charge in [-0.3, -0.25) is 10.1 Å². The predicted octanol–water partition coefficient (Wildman–Crippen LogP) is 5.75. The number of carbonyl (C=O) groups is 1. The molecule has 8 heteroatoms. The fourth-order valence-electron chi connectivity index (χ4n) is 3.18. The van der Waals surface area contributed by atoms with E-state index in [9.17, 15) is 4.79 Å². The molecule has 1 N–H and O–H groups in total. The van der Waals surface area contributed by atoms with Crippen molar-refractivity contribution in [3.63, 3.8) is 0 Å². The lowest BCUT2D eigenvalue weighted by Crippen LogP contribution is -2.13. The summed E-state index contributed by atoms with van der Waals surface area (Å²) in [5, 5.41) is 17.0. The lowest BCUT2D eigenvalue weighted by atomic mass is 9.98. The minimum atomic E-state index is -0.359. The number of aromatic nitrogens is 3. The van der Waals surface area contributed by atoms with Crippen molar-refractivity contribution in [3.05, 3.63) is 81.5 Å². The molecule has 0 aliphatic rings. The summed E-state index contributed by atoms with van der Waals surface area (Å²) in [6, 6.07) is 17.4. The van der Waals surface area contributed by atoms with Crippen molar-refractivity contribution in [2.45, 2.75) is 26.2 Å². The van der Waals surface area contributed by atoms with Crippen LogP contribution in [0.4, 0.5) is 5.13 Å². The van der Waals surface area contributed by atoms with E-state index in [2.05, 4.69) is 39.7 Å². The number of carbonyl (C=O) groups excluding carboxylic acids is 1. The highest BCUT2D eigenvalue weighted by Gasteiger charge is 2.24. The van der Waals surface area contributed by atoms with Crippen molar-refractivity contribution in [2.75, 3.05) is 5.32 Å². The van der Waals surface area contributed by atoms with Gasteiger partial charge in [0.15, 0.2) is 0 Å². The van der Waals surface area contributed by atoms with E-state index >= 15 is 0 Å². The number of amides is 1. The average molecular weight is 439 g/mol. The molecule has 2 aromatic heterocycles. The highest BCUT2D eigenvalue weighted by Crippen LogP contribution is 2.32. The molecule has 0 aliphatic heterocycles. The summed E-state index contributed by atoms with van der Waals surface area (Å²) in [5.74, 6) is 0.349. The first-order valence-electron chi connectivity index (χ1n) is 9.42. The first-order chi connectivity index (χ1) is 14.5. The minimum absolute atomic E-state index is 0.301. The van der Waals surface area contributed by atoms with Gasteiger partial charge in [0.05, 0.1) is 5.02 Å². The Morgan fingerprint density at radius 2 is 1.87 bits per heavy atom. The Kier molecular flexibility index (Phi) is 5.92. The SMILES string of the molecule is Cc1onc(-c2ccccc2Cl)c1C(=O)Nc1nnc(CC(C)c2ccccc2)s1. The molecule has 1 atom stereocenters. The van der Waals surface area contributed by atoms with Crippen molar-refractivity contribution < 1.29 is 9.32 Å². The van der Waals surface area contributed by atoms with E-state index in [4.69, 9.17) is 16.1 Å². The molecule has 1 unspecified atom stereocenters. The highest BCUT2D eigenvalue weighted by molar-refractivity contribution is 7.15. The van der Waals surface area contributed by atoms with E-state index in [1.54, 1.807) is 19.1 Å². The van der Waals surface area contributed by atoms with Crippen LogP contribution in [0.15, 0.2) is 59.1 Å². The van der Waals surface area contributed by atoms with Crippen molar-refractivity contribution in [1.29, 1.82) is 0 Å². The minimum Gasteiger partial charge on any atom is -0.360 e. The van der Waals surface area contributed by atoms with Crippen LogP contribution >= 0.6 is 22.9 Å². The van der Waals surface area contributed by atoms with Crippen molar-refractivity contribution in [3.8, 4) is 11.3 Å². The molecule has 2 heterocycles. The largest absolute Gasteiger partial charge is 0.360 e. The summed E-state index contributed by atoms with van der Waals surface area (Å²) in [4.78, 5) is 12.9. The van der Waals surface area contributed by atoms with Gasteiger partial charge in [0.25, 0.3) is 5.91 Å².